The van der Waals surface area contributed by atoms with Crippen LogP contribution in [-0.4, -0.2) is 24.6 Å². The molecule has 0 amide bonds. The van der Waals surface area contributed by atoms with E-state index in [1.165, 1.54) is 13.8 Å². The Morgan fingerprint density at radius 1 is 1.06 bits per heavy atom. The smallest absolute Gasteiger partial charge is 0.303 e. The van der Waals surface area contributed by atoms with Gasteiger partial charge in [-0.25, -0.2) is 0 Å². The van der Waals surface area contributed by atoms with Crippen LogP contribution in [-0.2, 0) is 30.9 Å². The zero-order valence-electron chi connectivity index (χ0n) is 10.3. The molecule has 0 fully saturated rings. The molecule has 0 aliphatic rings. The molecule has 0 bridgehead atoms. The number of hydrogen-bond acceptors (Lipinski definition) is 5. The third-order valence-electron chi connectivity index (χ3n) is 2.18. The third-order valence-corrected chi connectivity index (χ3v) is 5.78. The fourth-order valence-electron chi connectivity index (χ4n) is 1.28. The van der Waals surface area contributed by atoms with E-state index < -0.39 is 6.04 Å². The number of carbonyl (C=O) groups excluding carboxylic acids is 2. The molecule has 0 aromatic heterocycles. The van der Waals surface area contributed by atoms with Crippen molar-refractivity contribution in [3.8, 4) is 0 Å². The molecule has 0 saturated heterocycles. The van der Waals surface area contributed by atoms with Gasteiger partial charge in [-0.3, -0.25) is 9.59 Å². The molecule has 0 radical (unpaired) electrons. The number of ether oxygens (including phenoxy) is 2. The van der Waals surface area contributed by atoms with Gasteiger partial charge >= 0.3 is 11.9 Å². The van der Waals surface area contributed by atoms with Gasteiger partial charge in [0.1, 0.15) is 12.7 Å². The summed E-state index contributed by atoms with van der Waals surface area (Å²) in [4.78, 5) is 21.8. The van der Waals surface area contributed by atoms with Crippen LogP contribution in [0.15, 0.2) is 30.3 Å². The van der Waals surface area contributed by atoms with Crippen molar-refractivity contribution in [1.29, 1.82) is 0 Å². The van der Waals surface area contributed by atoms with Crippen LogP contribution in [0.3, 0.4) is 0 Å². The van der Waals surface area contributed by atoms with Gasteiger partial charge in [0.05, 0.1) is 6.04 Å². The second-order valence-corrected chi connectivity index (χ2v) is 8.66. The van der Waals surface area contributed by atoms with Gasteiger partial charge in [-0.15, -0.1) is 0 Å². The average Bonchev–Trinajstić information content (AvgIpc) is 2.35. The fourth-order valence-corrected chi connectivity index (χ4v) is 3.83. The van der Waals surface area contributed by atoms with Gasteiger partial charge < -0.3 is 9.47 Å². The normalized spacial score (nSPS) is 10.8. The molecule has 1 aromatic rings. The lowest BCUT2D eigenvalue weighted by Crippen LogP contribution is -2.16. The highest BCUT2D eigenvalue weighted by atomic mass is 32.4. The summed E-state index contributed by atoms with van der Waals surface area (Å²) in [6, 6.07) is 7.10. The van der Waals surface area contributed by atoms with E-state index in [0.717, 1.165) is 5.30 Å². The van der Waals surface area contributed by atoms with Crippen molar-refractivity contribution in [1.82, 2.24) is 0 Å². The molecule has 4 nitrogen and oxygen atoms in total. The van der Waals surface area contributed by atoms with Crippen molar-refractivity contribution >= 4 is 35.1 Å². The first kappa shape index (κ1) is 14.9. The average molecular weight is 286 g/mol. The Morgan fingerprint density at radius 2 is 1.50 bits per heavy atom. The van der Waals surface area contributed by atoms with Gasteiger partial charge in [-0.1, -0.05) is 42.1 Å². The summed E-state index contributed by atoms with van der Waals surface area (Å²) in [7, 11) is 0. The lowest BCUT2D eigenvalue weighted by atomic mass is 10.4. The second-order valence-electron chi connectivity index (χ2n) is 3.75. The van der Waals surface area contributed by atoms with E-state index in [1.54, 1.807) is 0 Å². The van der Waals surface area contributed by atoms with Gasteiger partial charge in [0.25, 0.3) is 0 Å². The van der Waals surface area contributed by atoms with Crippen molar-refractivity contribution < 1.29 is 19.1 Å². The molecule has 18 heavy (non-hydrogen) atoms. The van der Waals surface area contributed by atoms with Crippen LogP contribution >= 0.6 is 6.04 Å². The van der Waals surface area contributed by atoms with Gasteiger partial charge in [-0.05, 0) is 5.30 Å². The first-order valence-corrected chi connectivity index (χ1v) is 8.52. The number of hydrogen-bond donors (Lipinski definition) is 0. The Balaban J connectivity index is 2.90. The van der Waals surface area contributed by atoms with Crippen LogP contribution in [0, 0.1) is 0 Å². The largest absolute Gasteiger partial charge is 0.460 e. The fraction of sp³-hybridized carbons (Fsp3) is 0.333. The van der Waals surface area contributed by atoms with Crippen LogP contribution in [0.25, 0.3) is 0 Å². The SMILES string of the molecule is CC(=O)OCP(=S)(COC(C)=O)c1ccccc1. The molecule has 0 aliphatic heterocycles. The quantitative estimate of drug-likeness (QED) is 0.610. The Labute approximate surface area is 111 Å². The lowest BCUT2D eigenvalue weighted by Gasteiger charge is -2.21. The van der Waals surface area contributed by atoms with E-state index in [0.29, 0.717) is 0 Å². The van der Waals surface area contributed by atoms with E-state index in [2.05, 4.69) is 0 Å². The van der Waals surface area contributed by atoms with E-state index in [4.69, 9.17) is 21.3 Å². The molecule has 1 rings (SSSR count). The van der Waals surface area contributed by atoms with Gasteiger partial charge in [0, 0.05) is 13.8 Å². The summed E-state index contributed by atoms with van der Waals surface area (Å²) < 4.78 is 10.0. The molecule has 0 unspecified atom stereocenters. The minimum absolute atomic E-state index is 0.106. The van der Waals surface area contributed by atoms with Crippen LogP contribution in [0.1, 0.15) is 13.8 Å². The zero-order valence-corrected chi connectivity index (χ0v) is 12.0. The highest BCUT2D eigenvalue weighted by molar-refractivity contribution is 8.18. The van der Waals surface area contributed by atoms with E-state index in [-0.39, 0.29) is 24.6 Å². The number of benzene rings is 1. The van der Waals surface area contributed by atoms with Crippen molar-refractivity contribution in [3.63, 3.8) is 0 Å². The molecule has 6 heteroatoms. The molecule has 98 valence electrons. The lowest BCUT2D eigenvalue weighted by molar-refractivity contribution is -0.138. The van der Waals surface area contributed by atoms with E-state index >= 15 is 0 Å². The minimum atomic E-state index is -2.23. The summed E-state index contributed by atoms with van der Waals surface area (Å²) >= 11 is 5.56. The third kappa shape index (κ3) is 4.59. The summed E-state index contributed by atoms with van der Waals surface area (Å²) in [5.74, 6) is -0.772. The maximum absolute atomic E-state index is 10.9. The van der Waals surface area contributed by atoms with Crippen molar-refractivity contribution in [2.75, 3.05) is 12.7 Å². The molecule has 0 heterocycles. The topological polar surface area (TPSA) is 52.6 Å². The van der Waals surface area contributed by atoms with Crippen LogP contribution in [0.5, 0.6) is 0 Å². The predicted octanol–water partition coefficient (Wildman–Crippen LogP) is 1.83. The molecule has 1 aromatic carbocycles. The number of carbonyl (C=O) groups is 2. The Hall–Kier alpha value is -1.19. The zero-order chi connectivity index (χ0) is 13.6. The standard InChI is InChI=1S/C12H15O4PS/c1-10(13)15-8-17(18,9-16-11(2)14)12-6-4-3-5-7-12/h3-7H,8-9H2,1-2H3. The molecule has 0 N–H and O–H groups in total. The Morgan fingerprint density at radius 3 is 1.89 bits per heavy atom. The molecular formula is C12H15O4PS. The van der Waals surface area contributed by atoms with Crippen LogP contribution < -0.4 is 5.30 Å². The monoisotopic (exact) mass is 286 g/mol. The van der Waals surface area contributed by atoms with Crippen molar-refractivity contribution in [2.24, 2.45) is 0 Å². The molecular weight excluding hydrogens is 271 g/mol. The van der Waals surface area contributed by atoms with Crippen LogP contribution in [0.2, 0.25) is 0 Å². The maximum Gasteiger partial charge on any atom is 0.303 e. The molecule has 0 saturated carbocycles. The number of rotatable bonds is 5. The van der Waals surface area contributed by atoms with Gasteiger partial charge in [0.15, 0.2) is 0 Å². The molecule has 0 atom stereocenters. The molecule has 0 spiro atoms. The van der Waals surface area contributed by atoms with Crippen LogP contribution in [0.4, 0.5) is 0 Å². The predicted molar refractivity (Wildman–Crippen MR) is 73.6 cm³/mol. The van der Waals surface area contributed by atoms with Crippen molar-refractivity contribution in [3.05, 3.63) is 30.3 Å². The molecule has 0 aliphatic carbocycles. The Kier molecular flexibility index (Phi) is 5.51. The van der Waals surface area contributed by atoms with Crippen molar-refractivity contribution in [2.45, 2.75) is 13.8 Å². The van der Waals surface area contributed by atoms with E-state index in [9.17, 15) is 9.59 Å². The Bertz CT molecular complexity index is 450. The van der Waals surface area contributed by atoms with Gasteiger partial charge in [-0.2, -0.15) is 0 Å². The highest BCUT2D eigenvalue weighted by Gasteiger charge is 2.22. The minimum Gasteiger partial charge on any atom is -0.460 e. The number of esters is 2. The highest BCUT2D eigenvalue weighted by Crippen LogP contribution is 2.44. The van der Waals surface area contributed by atoms with Gasteiger partial charge in [0.2, 0.25) is 0 Å². The summed E-state index contributed by atoms with van der Waals surface area (Å²) in [5, 5.41) is 0.891. The second kappa shape index (κ2) is 6.66. The van der Waals surface area contributed by atoms with E-state index in [1.807, 2.05) is 30.3 Å². The summed E-state index contributed by atoms with van der Waals surface area (Å²) in [6.45, 7) is 2.66. The first-order valence-electron chi connectivity index (χ1n) is 5.34. The summed E-state index contributed by atoms with van der Waals surface area (Å²) in [6.07, 6.45) is 0.212. The summed E-state index contributed by atoms with van der Waals surface area (Å²) in [5.41, 5.74) is 0. The first-order chi connectivity index (χ1) is 8.44. The maximum atomic E-state index is 10.9.